The molecule has 2 atom stereocenters. The molecule has 0 saturated heterocycles. The fraction of sp³-hybridized carbons (Fsp3) is 0.375. The summed E-state index contributed by atoms with van der Waals surface area (Å²) in [6.45, 7) is 1.44. The quantitative estimate of drug-likeness (QED) is 0.508. The molecule has 11 heavy (non-hydrogen) atoms. The summed E-state index contributed by atoms with van der Waals surface area (Å²) in [5.41, 5.74) is 0.482. The third-order valence-electron chi connectivity index (χ3n) is 1.83. The van der Waals surface area contributed by atoms with Crippen LogP contribution < -0.4 is 0 Å². The number of rotatable bonds is 1. The molecule has 0 aliphatic heterocycles. The zero-order valence-corrected chi connectivity index (χ0v) is 6.67. The fourth-order valence-corrected chi connectivity index (χ4v) is 0.975. The summed E-state index contributed by atoms with van der Waals surface area (Å²) >= 11 is 0. The molecule has 58 valence electrons. The molecule has 0 N–H and O–H groups in total. The third kappa shape index (κ3) is 1.79. The van der Waals surface area contributed by atoms with E-state index in [0.717, 1.165) is 0 Å². The predicted molar refractivity (Wildman–Crippen MR) is 45.1 cm³/mol. The molecule has 0 heterocycles. The van der Waals surface area contributed by atoms with Gasteiger partial charge in [0.25, 0.3) is 0 Å². The molecular formula is C8H10BFO. The van der Waals surface area contributed by atoms with Crippen molar-refractivity contribution in [3.8, 4) is 0 Å². The highest BCUT2D eigenvalue weighted by molar-refractivity contribution is 6.14. The van der Waals surface area contributed by atoms with Gasteiger partial charge in [0.15, 0.2) is 5.78 Å². The van der Waals surface area contributed by atoms with Crippen molar-refractivity contribution in [2.24, 2.45) is 0 Å². The van der Waals surface area contributed by atoms with Gasteiger partial charge in [-0.15, -0.1) is 0 Å². The lowest BCUT2D eigenvalue weighted by atomic mass is 9.79. The van der Waals surface area contributed by atoms with Crippen LogP contribution in [0.15, 0.2) is 23.8 Å². The molecule has 1 unspecified atom stereocenters. The lowest BCUT2D eigenvalue weighted by molar-refractivity contribution is -0.113. The Morgan fingerprint density at radius 3 is 2.82 bits per heavy atom. The van der Waals surface area contributed by atoms with Crippen molar-refractivity contribution in [1.29, 1.82) is 0 Å². The molecule has 0 aromatic carbocycles. The van der Waals surface area contributed by atoms with Gasteiger partial charge in [0.2, 0.25) is 0 Å². The normalized spacial score (nSPS) is 29.8. The van der Waals surface area contributed by atoms with E-state index < -0.39 is 6.17 Å². The molecule has 1 aliphatic carbocycles. The van der Waals surface area contributed by atoms with Gasteiger partial charge in [-0.1, -0.05) is 12.2 Å². The van der Waals surface area contributed by atoms with Gasteiger partial charge in [-0.3, -0.25) is 4.79 Å². The van der Waals surface area contributed by atoms with Crippen molar-refractivity contribution in [2.75, 3.05) is 0 Å². The Balaban J connectivity index is 2.80. The van der Waals surface area contributed by atoms with Crippen LogP contribution in [0.25, 0.3) is 0 Å². The maximum absolute atomic E-state index is 12.9. The van der Waals surface area contributed by atoms with Crippen molar-refractivity contribution >= 4 is 13.6 Å². The largest absolute Gasteiger partial charge is 0.295 e. The minimum Gasteiger partial charge on any atom is -0.295 e. The number of alkyl halides is 1. The zero-order valence-electron chi connectivity index (χ0n) is 6.67. The SMILES string of the molecule is B[C@H]1C=CC(C(C)=O)=CC1F. The van der Waals surface area contributed by atoms with Gasteiger partial charge in [0, 0.05) is 5.57 Å². The molecule has 1 rings (SSSR count). The van der Waals surface area contributed by atoms with E-state index in [-0.39, 0.29) is 11.6 Å². The Labute approximate surface area is 66.4 Å². The second-order valence-electron chi connectivity index (χ2n) is 2.84. The van der Waals surface area contributed by atoms with Crippen LogP contribution in [0.1, 0.15) is 6.92 Å². The lowest BCUT2D eigenvalue weighted by Crippen LogP contribution is -2.11. The first kappa shape index (κ1) is 8.24. The van der Waals surface area contributed by atoms with Gasteiger partial charge in [-0.25, -0.2) is 4.39 Å². The molecule has 0 aromatic rings. The molecule has 3 heteroatoms. The molecule has 0 amide bonds. The van der Waals surface area contributed by atoms with Crippen LogP contribution in [0.2, 0.25) is 5.82 Å². The van der Waals surface area contributed by atoms with Crippen LogP contribution in [-0.2, 0) is 4.79 Å². The number of hydrogen-bond acceptors (Lipinski definition) is 1. The first-order valence-corrected chi connectivity index (χ1v) is 3.66. The van der Waals surface area contributed by atoms with E-state index in [1.165, 1.54) is 13.0 Å². The summed E-state index contributed by atoms with van der Waals surface area (Å²) in [5, 5.41) is 0. The van der Waals surface area contributed by atoms with Gasteiger partial charge in [-0.2, -0.15) is 0 Å². The Hall–Kier alpha value is -0.855. The second kappa shape index (κ2) is 3.03. The molecule has 1 nitrogen and oxygen atoms in total. The average molecular weight is 152 g/mol. The van der Waals surface area contributed by atoms with E-state index in [2.05, 4.69) is 0 Å². The van der Waals surface area contributed by atoms with Crippen LogP contribution in [0, 0.1) is 0 Å². The minimum atomic E-state index is -1.00. The highest BCUT2D eigenvalue weighted by atomic mass is 19.1. The van der Waals surface area contributed by atoms with Crippen LogP contribution in [0.3, 0.4) is 0 Å². The van der Waals surface area contributed by atoms with E-state index >= 15 is 0 Å². The second-order valence-corrected chi connectivity index (χ2v) is 2.84. The first-order valence-electron chi connectivity index (χ1n) is 3.66. The van der Waals surface area contributed by atoms with E-state index in [1.807, 2.05) is 0 Å². The number of Topliss-reactive ketones (excluding diaryl/α,β-unsaturated/α-hetero) is 1. The number of carbonyl (C=O) groups is 1. The summed E-state index contributed by atoms with van der Waals surface area (Å²) in [5.74, 6) is -0.172. The molecule has 0 saturated carbocycles. The van der Waals surface area contributed by atoms with Gasteiger partial charge in [0.05, 0.1) is 0 Å². The summed E-state index contributed by atoms with van der Waals surface area (Å²) in [4.78, 5) is 10.8. The Bertz CT molecular complexity index is 232. The number of hydrogen-bond donors (Lipinski definition) is 0. The third-order valence-corrected chi connectivity index (χ3v) is 1.83. The highest BCUT2D eigenvalue weighted by Crippen LogP contribution is 2.21. The fourth-order valence-electron chi connectivity index (χ4n) is 0.975. The van der Waals surface area contributed by atoms with Crippen LogP contribution in [-0.4, -0.2) is 19.8 Å². The maximum atomic E-state index is 12.9. The van der Waals surface area contributed by atoms with E-state index in [9.17, 15) is 9.18 Å². The predicted octanol–water partition coefficient (Wildman–Crippen LogP) is 0.831. The lowest BCUT2D eigenvalue weighted by Gasteiger charge is -2.14. The number of ketones is 1. The average Bonchev–Trinajstić information content (AvgIpc) is 1.94. The van der Waals surface area contributed by atoms with Gasteiger partial charge in [0.1, 0.15) is 14.0 Å². The van der Waals surface area contributed by atoms with E-state index in [1.54, 1.807) is 20.0 Å². The maximum Gasteiger partial charge on any atom is 0.159 e. The minimum absolute atomic E-state index is 0.0733. The first-order chi connectivity index (χ1) is 5.11. The molecule has 0 spiro atoms. The smallest absolute Gasteiger partial charge is 0.159 e. The zero-order chi connectivity index (χ0) is 8.43. The summed E-state index contributed by atoms with van der Waals surface area (Å²) in [6.07, 6.45) is 3.79. The topological polar surface area (TPSA) is 17.1 Å². The van der Waals surface area contributed by atoms with E-state index in [4.69, 9.17) is 0 Å². The van der Waals surface area contributed by atoms with Gasteiger partial charge in [-0.05, 0) is 18.8 Å². The van der Waals surface area contributed by atoms with Crippen LogP contribution >= 0.6 is 0 Å². The van der Waals surface area contributed by atoms with Crippen molar-refractivity contribution in [3.63, 3.8) is 0 Å². The number of carbonyl (C=O) groups excluding carboxylic acids is 1. The van der Waals surface area contributed by atoms with Crippen molar-refractivity contribution in [2.45, 2.75) is 18.9 Å². The molecule has 1 aliphatic rings. The van der Waals surface area contributed by atoms with Crippen LogP contribution in [0.4, 0.5) is 4.39 Å². The van der Waals surface area contributed by atoms with Crippen molar-refractivity contribution in [3.05, 3.63) is 23.8 Å². The molecule has 0 radical (unpaired) electrons. The van der Waals surface area contributed by atoms with E-state index in [0.29, 0.717) is 5.57 Å². The summed E-state index contributed by atoms with van der Waals surface area (Å²) in [7, 11) is 1.79. The Morgan fingerprint density at radius 1 is 1.73 bits per heavy atom. The van der Waals surface area contributed by atoms with Crippen LogP contribution in [0.5, 0.6) is 0 Å². The van der Waals surface area contributed by atoms with Gasteiger partial charge < -0.3 is 0 Å². The molecule has 0 aromatic heterocycles. The number of halogens is 1. The Kier molecular flexibility index (Phi) is 2.27. The monoisotopic (exact) mass is 152 g/mol. The number of allylic oxidation sites excluding steroid dienone is 4. The highest BCUT2D eigenvalue weighted by Gasteiger charge is 2.16. The molecule has 0 bridgehead atoms. The van der Waals surface area contributed by atoms with Crippen molar-refractivity contribution < 1.29 is 9.18 Å². The van der Waals surface area contributed by atoms with Crippen molar-refractivity contribution in [1.82, 2.24) is 0 Å². The standard InChI is InChI=1S/C8H10BFO/c1-5(11)6-2-3-7(9)8(10)4-6/h2-4,7-8H,9H2,1H3/t7-,8?/m0/s1. The van der Waals surface area contributed by atoms with Gasteiger partial charge >= 0.3 is 0 Å². The summed E-state index contributed by atoms with van der Waals surface area (Å²) < 4.78 is 12.9. The molecule has 0 fully saturated rings. The summed E-state index contributed by atoms with van der Waals surface area (Å²) in [6, 6.07) is 0. The molecular weight excluding hydrogens is 142 g/mol. The Morgan fingerprint density at radius 2 is 2.36 bits per heavy atom.